The molecule has 1 aliphatic rings. The van der Waals surface area contributed by atoms with Gasteiger partial charge in [-0.15, -0.1) is 0 Å². The third kappa shape index (κ3) is 10.8. The van der Waals surface area contributed by atoms with Gasteiger partial charge >= 0.3 is 0 Å². The monoisotopic (exact) mass is 567 g/mol. The third-order valence-corrected chi connectivity index (χ3v) is 6.65. The molecule has 1 aliphatic heterocycles. The molecule has 11 nitrogen and oxygen atoms in total. The molecule has 1 heterocycles. The number of hydrogen-bond donors (Lipinski definition) is 5. The number of phenolic OH excluding ortho intramolecular Hbond substituents is 1. The highest BCUT2D eigenvalue weighted by Crippen LogP contribution is 2.19. The Bertz CT molecular complexity index is 1170. The standard InChI is InChI=1S/C30H41N5O6/c1-35(2)18-6-5-16-31-29(39)24-14-15-27(37)33-25(20-21-10-12-22(36)13-11-21)30(40)32-17-7-19-41-26-9-4-3-8-23(26)28(38)34-24/h3-4,8-13,24-25,36H,5-7,14-20H2,1-2H3,(H,31,39)(H,32,40)(H,33,37)(H,34,38)/t24-,25?/m0/s1. The Morgan fingerprint density at radius 3 is 2.56 bits per heavy atom. The SMILES string of the molecule is CN(C)CCCCNC(=O)[C@@H]1CCC(=O)NC(Cc2ccc(O)cc2)C(=O)NCCCOc2ccccc2C(=O)N1. The molecule has 0 spiro atoms. The van der Waals surface area contributed by atoms with E-state index in [0.717, 1.165) is 24.9 Å². The number of rotatable bonds is 8. The van der Waals surface area contributed by atoms with E-state index in [-0.39, 0.29) is 49.0 Å². The Morgan fingerprint density at radius 1 is 1.05 bits per heavy atom. The van der Waals surface area contributed by atoms with Crippen LogP contribution in [0.5, 0.6) is 11.5 Å². The van der Waals surface area contributed by atoms with Crippen LogP contribution in [0.25, 0.3) is 0 Å². The van der Waals surface area contributed by atoms with Crippen LogP contribution in [0.1, 0.15) is 48.0 Å². The molecule has 0 aromatic heterocycles. The number of phenols is 1. The zero-order valence-corrected chi connectivity index (χ0v) is 23.8. The maximum Gasteiger partial charge on any atom is 0.255 e. The first-order valence-corrected chi connectivity index (χ1v) is 14.0. The van der Waals surface area contributed by atoms with E-state index in [9.17, 15) is 24.3 Å². The Labute approximate surface area is 241 Å². The van der Waals surface area contributed by atoms with Crippen molar-refractivity contribution in [1.82, 2.24) is 26.2 Å². The summed E-state index contributed by atoms with van der Waals surface area (Å²) in [6.45, 7) is 1.90. The van der Waals surface area contributed by atoms with E-state index < -0.39 is 23.9 Å². The van der Waals surface area contributed by atoms with Crippen LogP contribution in [-0.4, -0.2) is 86.1 Å². The molecule has 4 amide bonds. The normalized spacial score (nSPS) is 18.9. The van der Waals surface area contributed by atoms with Gasteiger partial charge in [0.25, 0.3) is 5.91 Å². The molecule has 1 unspecified atom stereocenters. The second-order valence-electron chi connectivity index (χ2n) is 10.3. The average Bonchev–Trinajstić information content (AvgIpc) is 2.94. The van der Waals surface area contributed by atoms with Crippen molar-refractivity contribution in [1.29, 1.82) is 0 Å². The van der Waals surface area contributed by atoms with E-state index in [1.807, 2.05) is 14.1 Å². The number of nitrogens with zero attached hydrogens (tertiary/aromatic N) is 1. The summed E-state index contributed by atoms with van der Waals surface area (Å²) >= 11 is 0. The van der Waals surface area contributed by atoms with Gasteiger partial charge in [-0.2, -0.15) is 0 Å². The number of fused-ring (bicyclic) bond motifs is 1. The molecular weight excluding hydrogens is 526 g/mol. The number of aromatic hydroxyl groups is 1. The Kier molecular flexibility index (Phi) is 12.4. The molecule has 41 heavy (non-hydrogen) atoms. The number of nitrogens with one attached hydrogen (secondary N) is 4. The summed E-state index contributed by atoms with van der Waals surface area (Å²) in [6, 6.07) is 11.3. The molecule has 11 heteroatoms. The van der Waals surface area contributed by atoms with Gasteiger partial charge in [0, 0.05) is 25.9 Å². The van der Waals surface area contributed by atoms with Crippen molar-refractivity contribution in [3.63, 3.8) is 0 Å². The van der Waals surface area contributed by atoms with Crippen molar-refractivity contribution in [3.8, 4) is 11.5 Å². The molecule has 2 atom stereocenters. The summed E-state index contributed by atoms with van der Waals surface area (Å²) in [5.74, 6) is -1.15. The van der Waals surface area contributed by atoms with Gasteiger partial charge in [-0.25, -0.2) is 0 Å². The number of hydrogen-bond acceptors (Lipinski definition) is 7. The molecule has 222 valence electrons. The van der Waals surface area contributed by atoms with Crippen LogP contribution in [0, 0.1) is 0 Å². The van der Waals surface area contributed by atoms with Crippen molar-refractivity contribution in [2.75, 3.05) is 40.3 Å². The van der Waals surface area contributed by atoms with E-state index in [4.69, 9.17) is 4.74 Å². The van der Waals surface area contributed by atoms with Crippen LogP contribution in [-0.2, 0) is 20.8 Å². The smallest absolute Gasteiger partial charge is 0.255 e. The van der Waals surface area contributed by atoms with Crippen molar-refractivity contribution >= 4 is 23.6 Å². The second-order valence-corrected chi connectivity index (χ2v) is 10.3. The molecule has 0 bridgehead atoms. The maximum absolute atomic E-state index is 13.2. The fourth-order valence-electron chi connectivity index (χ4n) is 4.38. The molecule has 2 aromatic carbocycles. The summed E-state index contributed by atoms with van der Waals surface area (Å²) in [7, 11) is 3.97. The second kappa shape index (κ2) is 16.2. The minimum Gasteiger partial charge on any atom is -0.508 e. The van der Waals surface area contributed by atoms with Gasteiger partial charge < -0.3 is 36.0 Å². The number of para-hydroxylation sites is 1. The van der Waals surface area contributed by atoms with Crippen LogP contribution in [0.3, 0.4) is 0 Å². The molecule has 0 saturated carbocycles. The van der Waals surface area contributed by atoms with Crippen LogP contribution >= 0.6 is 0 Å². The van der Waals surface area contributed by atoms with Crippen molar-refractivity contribution < 1.29 is 29.0 Å². The summed E-state index contributed by atoms with van der Waals surface area (Å²) < 4.78 is 5.84. The number of amides is 4. The summed E-state index contributed by atoms with van der Waals surface area (Å²) in [6.07, 6.45) is 2.32. The molecule has 0 fully saturated rings. The van der Waals surface area contributed by atoms with E-state index in [1.165, 1.54) is 12.1 Å². The third-order valence-electron chi connectivity index (χ3n) is 6.65. The molecule has 5 N–H and O–H groups in total. The molecule has 0 aliphatic carbocycles. The van der Waals surface area contributed by atoms with Crippen molar-refractivity contribution in [3.05, 3.63) is 59.7 Å². The number of carbonyl (C=O) groups excluding carboxylic acids is 4. The fraction of sp³-hybridized carbons (Fsp3) is 0.467. The quantitative estimate of drug-likeness (QED) is 0.303. The highest BCUT2D eigenvalue weighted by molar-refractivity contribution is 5.99. The first-order chi connectivity index (χ1) is 19.7. The Hall–Kier alpha value is -4.12. The van der Waals surface area contributed by atoms with Gasteiger partial charge in [-0.1, -0.05) is 24.3 Å². The molecule has 0 saturated heterocycles. The topological polar surface area (TPSA) is 149 Å². The Morgan fingerprint density at radius 2 is 1.80 bits per heavy atom. The van der Waals surface area contributed by atoms with E-state index >= 15 is 0 Å². The number of carbonyl (C=O) groups is 4. The lowest BCUT2D eigenvalue weighted by Crippen LogP contribution is -2.50. The summed E-state index contributed by atoms with van der Waals surface area (Å²) in [5, 5.41) is 20.8. The largest absolute Gasteiger partial charge is 0.508 e. The van der Waals surface area contributed by atoms with E-state index in [2.05, 4.69) is 26.2 Å². The fourth-order valence-corrected chi connectivity index (χ4v) is 4.38. The molecule has 2 aromatic rings. The lowest BCUT2D eigenvalue weighted by atomic mass is 10.0. The minimum absolute atomic E-state index is 0.0394. The highest BCUT2D eigenvalue weighted by Gasteiger charge is 2.26. The highest BCUT2D eigenvalue weighted by atomic mass is 16.5. The average molecular weight is 568 g/mol. The van der Waals surface area contributed by atoms with Crippen molar-refractivity contribution in [2.24, 2.45) is 0 Å². The van der Waals surface area contributed by atoms with Crippen molar-refractivity contribution in [2.45, 2.75) is 50.6 Å². The zero-order chi connectivity index (χ0) is 29.6. The first-order valence-electron chi connectivity index (χ1n) is 14.0. The van der Waals surface area contributed by atoms with E-state index in [1.54, 1.807) is 36.4 Å². The van der Waals surface area contributed by atoms with Gasteiger partial charge in [0.15, 0.2) is 0 Å². The summed E-state index contributed by atoms with van der Waals surface area (Å²) in [4.78, 5) is 54.4. The van der Waals surface area contributed by atoms with Gasteiger partial charge in [0.2, 0.25) is 17.7 Å². The van der Waals surface area contributed by atoms with Crippen LogP contribution < -0.4 is 26.0 Å². The van der Waals surface area contributed by atoms with Crippen LogP contribution in [0.2, 0.25) is 0 Å². The minimum atomic E-state index is -0.965. The maximum atomic E-state index is 13.2. The Balaban J connectivity index is 1.76. The first kappa shape index (κ1) is 31.4. The number of ether oxygens (including phenoxy) is 1. The van der Waals surface area contributed by atoms with Gasteiger partial charge in [0.1, 0.15) is 23.6 Å². The molecule has 3 rings (SSSR count). The summed E-state index contributed by atoms with van der Waals surface area (Å²) in [5.41, 5.74) is 1.04. The van der Waals surface area contributed by atoms with Gasteiger partial charge in [-0.05, 0) is 76.2 Å². The number of unbranched alkanes of at least 4 members (excludes halogenated alkanes) is 1. The lowest BCUT2D eigenvalue weighted by molar-refractivity contribution is -0.129. The molecule has 0 radical (unpaired) electrons. The molecular formula is C30H41N5O6. The van der Waals surface area contributed by atoms with Gasteiger partial charge in [0.05, 0.1) is 12.2 Å². The zero-order valence-electron chi connectivity index (χ0n) is 23.8. The van der Waals surface area contributed by atoms with Gasteiger partial charge in [-0.3, -0.25) is 19.2 Å². The van der Waals surface area contributed by atoms with E-state index in [0.29, 0.717) is 25.3 Å². The number of benzene rings is 2. The predicted molar refractivity (Wildman–Crippen MR) is 155 cm³/mol. The predicted octanol–water partition coefficient (Wildman–Crippen LogP) is 1.36. The lowest BCUT2D eigenvalue weighted by Gasteiger charge is -2.22. The van der Waals surface area contributed by atoms with Crippen LogP contribution in [0.4, 0.5) is 0 Å². The van der Waals surface area contributed by atoms with Crippen LogP contribution in [0.15, 0.2) is 48.5 Å².